The van der Waals surface area contributed by atoms with Crippen LogP contribution in [0, 0.1) is 5.82 Å². The predicted octanol–water partition coefficient (Wildman–Crippen LogP) is 4.00. The summed E-state index contributed by atoms with van der Waals surface area (Å²) < 4.78 is 14.6. The van der Waals surface area contributed by atoms with E-state index in [-0.39, 0.29) is 11.7 Å². The van der Waals surface area contributed by atoms with Crippen LogP contribution in [0.3, 0.4) is 0 Å². The summed E-state index contributed by atoms with van der Waals surface area (Å²) in [5.41, 5.74) is 0.615. The lowest BCUT2D eigenvalue weighted by atomic mass is 10.1. The van der Waals surface area contributed by atoms with E-state index in [1.807, 2.05) is 17.0 Å². The van der Waals surface area contributed by atoms with E-state index < -0.39 is 0 Å². The molecule has 1 aromatic heterocycles. The molecule has 1 N–H and O–H groups in total. The number of nitrogens with zero attached hydrogens (tertiary/aromatic N) is 1. The first-order valence-electron chi connectivity index (χ1n) is 7.66. The molecule has 1 amide bonds. The first-order valence-corrected chi connectivity index (χ1v) is 9.27. The minimum atomic E-state index is -0.233. The summed E-state index contributed by atoms with van der Waals surface area (Å²) in [6.07, 6.45) is 2.27. The molecule has 0 aliphatic heterocycles. The number of thiophene rings is 1. The van der Waals surface area contributed by atoms with Crippen molar-refractivity contribution >= 4 is 33.2 Å². The Balaban J connectivity index is 1.79. The van der Waals surface area contributed by atoms with Gasteiger partial charge in [-0.25, -0.2) is 4.39 Å². The molecule has 0 atom stereocenters. The van der Waals surface area contributed by atoms with Crippen molar-refractivity contribution in [1.82, 2.24) is 10.2 Å². The Morgan fingerprint density at radius 2 is 2.12 bits per heavy atom. The lowest BCUT2D eigenvalue weighted by Gasteiger charge is -2.19. The number of hydrogen-bond donors (Lipinski definition) is 1. The molecular formula is C18H20BrFN2OS. The van der Waals surface area contributed by atoms with Crippen LogP contribution in [-0.4, -0.2) is 30.4 Å². The van der Waals surface area contributed by atoms with Crippen molar-refractivity contribution in [3.63, 3.8) is 0 Å². The molecule has 0 radical (unpaired) electrons. The van der Waals surface area contributed by atoms with Gasteiger partial charge in [0.1, 0.15) is 5.82 Å². The average molecular weight is 411 g/mol. The minimum absolute atomic E-state index is 0.0659. The molecule has 128 valence electrons. The lowest BCUT2D eigenvalue weighted by molar-refractivity contribution is -0.122. The van der Waals surface area contributed by atoms with E-state index in [1.165, 1.54) is 10.9 Å². The zero-order chi connectivity index (χ0) is 17.4. The van der Waals surface area contributed by atoms with E-state index in [0.717, 1.165) is 3.79 Å². The number of nitrogens with one attached hydrogen (secondary N) is 1. The number of rotatable bonds is 9. The van der Waals surface area contributed by atoms with Gasteiger partial charge in [-0.1, -0.05) is 24.3 Å². The van der Waals surface area contributed by atoms with E-state index >= 15 is 0 Å². The monoisotopic (exact) mass is 410 g/mol. The highest BCUT2D eigenvalue weighted by atomic mass is 79.9. The van der Waals surface area contributed by atoms with Gasteiger partial charge in [-0.05, 0) is 46.1 Å². The van der Waals surface area contributed by atoms with Crippen molar-refractivity contribution in [3.05, 3.63) is 69.1 Å². The second-order valence-electron chi connectivity index (χ2n) is 5.36. The molecule has 0 saturated heterocycles. The standard InChI is InChI=1S/C18H20BrFN2OS/c1-2-11-22(12-15-7-8-17(19)24-15)13-18(23)21-10-9-14-5-3-4-6-16(14)20/h2-8H,1,9-13H2,(H,21,23). The van der Waals surface area contributed by atoms with Crippen LogP contribution < -0.4 is 5.32 Å². The molecule has 2 rings (SSSR count). The molecule has 6 heteroatoms. The van der Waals surface area contributed by atoms with Crippen molar-refractivity contribution in [1.29, 1.82) is 0 Å². The van der Waals surface area contributed by atoms with Crippen LogP contribution in [0.4, 0.5) is 4.39 Å². The Labute approximate surface area is 154 Å². The molecule has 1 aromatic carbocycles. The van der Waals surface area contributed by atoms with Crippen LogP contribution in [0.5, 0.6) is 0 Å². The summed E-state index contributed by atoms with van der Waals surface area (Å²) in [5, 5.41) is 2.85. The summed E-state index contributed by atoms with van der Waals surface area (Å²) >= 11 is 5.10. The van der Waals surface area contributed by atoms with Crippen molar-refractivity contribution in [3.8, 4) is 0 Å². The van der Waals surface area contributed by atoms with Gasteiger partial charge in [0.25, 0.3) is 0 Å². The van der Waals surface area contributed by atoms with Crippen LogP contribution in [0.15, 0.2) is 52.8 Å². The zero-order valence-corrected chi connectivity index (χ0v) is 15.7. The first kappa shape index (κ1) is 18.8. The largest absolute Gasteiger partial charge is 0.355 e. The third kappa shape index (κ3) is 6.19. The summed E-state index contributed by atoms with van der Waals surface area (Å²) in [6, 6.07) is 10.7. The maximum absolute atomic E-state index is 13.5. The van der Waals surface area contributed by atoms with Crippen LogP contribution in [-0.2, 0) is 17.8 Å². The maximum atomic E-state index is 13.5. The van der Waals surface area contributed by atoms with Crippen LogP contribution >= 0.6 is 27.3 Å². The Bertz CT molecular complexity index is 689. The normalized spacial score (nSPS) is 10.8. The first-order chi connectivity index (χ1) is 11.6. The Kier molecular flexibility index (Phi) is 7.62. The second-order valence-corrected chi connectivity index (χ2v) is 7.90. The van der Waals surface area contributed by atoms with Crippen LogP contribution in [0.1, 0.15) is 10.4 Å². The van der Waals surface area contributed by atoms with Gasteiger partial charge in [-0.2, -0.15) is 0 Å². The van der Waals surface area contributed by atoms with Gasteiger partial charge >= 0.3 is 0 Å². The highest BCUT2D eigenvalue weighted by Crippen LogP contribution is 2.23. The fraction of sp³-hybridized carbons (Fsp3) is 0.278. The summed E-state index contributed by atoms with van der Waals surface area (Å²) in [5.74, 6) is -0.299. The molecular weight excluding hydrogens is 391 g/mol. The smallest absolute Gasteiger partial charge is 0.234 e. The molecule has 0 unspecified atom stereocenters. The fourth-order valence-corrected chi connectivity index (χ4v) is 3.85. The molecule has 2 aromatic rings. The molecule has 3 nitrogen and oxygen atoms in total. The molecule has 0 fully saturated rings. The quantitative estimate of drug-likeness (QED) is 0.633. The van der Waals surface area contributed by atoms with E-state index in [4.69, 9.17) is 0 Å². The van der Waals surface area contributed by atoms with Gasteiger partial charge < -0.3 is 5.32 Å². The van der Waals surface area contributed by atoms with E-state index in [0.29, 0.717) is 38.2 Å². The molecule has 24 heavy (non-hydrogen) atoms. The Morgan fingerprint density at radius 3 is 2.79 bits per heavy atom. The van der Waals surface area contributed by atoms with Gasteiger partial charge in [-0.15, -0.1) is 17.9 Å². The fourth-order valence-electron chi connectivity index (χ4n) is 2.32. The molecule has 1 heterocycles. The van der Waals surface area contributed by atoms with Gasteiger partial charge in [0.15, 0.2) is 0 Å². The van der Waals surface area contributed by atoms with Crippen molar-refractivity contribution in [2.24, 2.45) is 0 Å². The van der Waals surface area contributed by atoms with E-state index in [1.54, 1.807) is 35.6 Å². The van der Waals surface area contributed by atoms with Crippen LogP contribution in [0.2, 0.25) is 0 Å². The molecule has 0 spiro atoms. The second kappa shape index (κ2) is 9.71. The van der Waals surface area contributed by atoms with Gasteiger partial charge in [0, 0.05) is 24.5 Å². The van der Waals surface area contributed by atoms with E-state index in [2.05, 4.69) is 27.8 Å². The number of carbonyl (C=O) groups is 1. The van der Waals surface area contributed by atoms with Crippen molar-refractivity contribution in [2.75, 3.05) is 19.6 Å². The minimum Gasteiger partial charge on any atom is -0.355 e. The third-order valence-electron chi connectivity index (χ3n) is 3.44. The number of halogens is 2. The van der Waals surface area contributed by atoms with Gasteiger partial charge in [0.05, 0.1) is 10.3 Å². The average Bonchev–Trinajstić information content (AvgIpc) is 2.94. The maximum Gasteiger partial charge on any atom is 0.234 e. The SMILES string of the molecule is C=CCN(CC(=O)NCCc1ccccc1F)Cc1ccc(Br)s1. The molecule has 0 aliphatic carbocycles. The molecule has 0 aliphatic rings. The van der Waals surface area contributed by atoms with E-state index in [9.17, 15) is 9.18 Å². The molecule has 0 saturated carbocycles. The van der Waals surface area contributed by atoms with Gasteiger partial charge in [-0.3, -0.25) is 9.69 Å². The molecule has 0 bridgehead atoms. The number of hydrogen-bond acceptors (Lipinski definition) is 3. The topological polar surface area (TPSA) is 32.3 Å². The van der Waals surface area contributed by atoms with Gasteiger partial charge in [0.2, 0.25) is 5.91 Å². The predicted molar refractivity (Wildman–Crippen MR) is 101 cm³/mol. The summed E-state index contributed by atoms with van der Waals surface area (Å²) in [6.45, 7) is 5.79. The number of amides is 1. The summed E-state index contributed by atoms with van der Waals surface area (Å²) in [7, 11) is 0. The zero-order valence-electron chi connectivity index (χ0n) is 13.3. The summed E-state index contributed by atoms with van der Waals surface area (Å²) in [4.78, 5) is 15.3. The highest BCUT2D eigenvalue weighted by Gasteiger charge is 2.11. The Morgan fingerprint density at radius 1 is 1.33 bits per heavy atom. The highest BCUT2D eigenvalue weighted by molar-refractivity contribution is 9.11. The lowest BCUT2D eigenvalue weighted by Crippen LogP contribution is -2.37. The third-order valence-corrected chi connectivity index (χ3v) is 5.05. The Hall–Kier alpha value is -1.50. The number of carbonyl (C=O) groups excluding carboxylic acids is 1. The van der Waals surface area contributed by atoms with Crippen molar-refractivity contribution in [2.45, 2.75) is 13.0 Å². The van der Waals surface area contributed by atoms with Crippen LogP contribution in [0.25, 0.3) is 0 Å². The number of benzene rings is 1. The van der Waals surface area contributed by atoms with Crippen molar-refractivity contribution < 1.29 is 9.18 Å².